The van der Waals surface area contributed by atoms with Crippen molar-refractivity contribution in [3.63, 3.8) is 0 Å². The normalized spacial score (nSPS) is 23.9. The van der Waals surface area contributed by atoms with Gasteiger partial charge in [-0.3, -0.25) is 4.79 Å². The van der Waals surface area contributed by atoms with Gasteiger partial charge < -0.3 is 15.0 Å². The minimum Gasteiger partial charge on any atom is -0.379 e. The maximum atomic E-state index is 13.9. The number of nitrogens with zero attached hydrogens (tertiary/aromatic N) is 4. The van der Waals surface area contributed by atoms with Crippen LogP contribution in [0.15, 0.2) is 12.3 Å². The SMILES string of the molecule is CN1C(=O)c2cc(-c3nc(NC4CCN(S(C)(=O)=O)CC4)ncc3C(F)(F)F)sc2[C@@]12CCOC2. The number of aromatic nitrogens is 2. The van der Waals surface area contributed by atoms with E-state index in [2.05, 4.69) is 15.3 Å². The van der Waals surface area contributed by atoms with Gasteiger partial charge in [0.2, 0.25) is 16.0 Å². The molecule has 14 heteroatoms. The zero-order chi connectivity index (χ0) is 25.2. The molecule has 9 nitrogen and oxygen atoms in total. The van der Waals surface area contributed by atoms with Gasteiger partial charge in [0.25, 0.3) is 5.91 Å². The summed E-state index contributed by atoms with van der Waals surface area (Å²) in [5.41, 5.74) is -1.54. The summed E-state index contributed by atoms with van der Waals surface area (Å²) in [5.74, 6) is -0.215. The van der Waals surface area contributed by atoms with Gasteiger partial charge in [0.05, 0.1) is 29.0 Å². The Hall–Kier alpha value is -2.29. The van der Waals surface area contributed by atoms with Gasteiger partial charge in [0.15, 0.2) is 0 Å². The molecule has 0 unspecified atom stereocenters. The van der Waals surface area contributed by atoms with E-state index in [1.807, 2.05) is 0 Å². The number of alkyl halides is 3. The Morgan fingerprint density at radius 1 is 1.29 bits per heavy atom. The number of fused-ring (bicyclic) bond motifs is 2. The first-order chi connectivity index (χ1) is 16.4. The van der Waals surface area contributed by atoms with Crippen molar-refractivity contribution in [2.24, 2.45) is 0 Å². The van der Waals surface area contributed by atoms with Crippen LogP contribution in [0.2, 0.25) is 0 Å². The molecule has 3 aliphatic rings. The first kappa shape index (κ1) is 24.4. The standard InChI is InChI=1S/C21H24F3N5O4S2/c1-28-18(30)13-9-15(34-17(13)20(28)5-8-33-11-20)16-14(21(22,23)24)10-25-19(27-16)26-12-3-6-29(7-4-12)35(2,31)32/h9-10,12H,3-8,11H2,1-2H3,(H,25,26,27)/t20-/m0/s1. The molecule has 35 heavy (non-hydrogen) atoms. The smallest absolute Gasteiger partial charge is 0.379 e. The lowest BCUT2D eigenvalue weighted by Gasteiger charge is -2.31. The monoisotopic (exact) mass is 531 g/mol. The maximum Gasteiger partial charge on any atom is 0.420 e. The number of piperidine rings is 1. The summed E-state index contributed by atoms with van der Waals surface area (Å²) < 4.78 is 71.9. The van der Waals surface area contributed by atoms with Gasteiger partial charge in [-0.25, -0.2) is 22.7 Å². The van der Waals surface area contributed by atoms with Crippen molar-refractivity contribution in [3.8, 4) is 10.6 Å². The second-order valence-electron chi connectivity index (χ2n) is 9.09. The molecular formula is C21H24F3N5O4S2. The maximum absolute atomic E-state index is 13.9. The van der Waals surface area contributed by atoms with E-state index < -0.39 is 27.3 Å². The summed E-state index contributed by atoms with van der Waals surface area (Å²) >= 11 is 1.13. The second kappa shape index (κ2) is 8.39. The first-order valence-corrected chi connectivity index (χ1v) is 13.7. The van der Waals surface area contributed by atoms with Crippen molar-refractivity contribution < 1.29 is 31.1 Å². The number of amides is 1. The molecule has 2 aromatic heterocycles. The second-order valence-corrected chi connectivity index (χ2v) is 12.1. The topological polar surface area (TPSA) is 105 Å². The number of nitrogens with one attached hydrogen (secondary N) is 1. The number of hydrogen-bond donors (Lipinski definition) is 1. The zero-order valence-corrected chi connectivity index (χ0v) is 20.7. The van der Waals surface area contributed by atoms with Crippen LogP contribution in [-0.2, 0) is 26.5 Å². The van der Waals surface area contributed by atoms with E-state index in [-0.39, 0.29) is 28.5 Å². The fourth-order valence-electron chi connectivity index (χ4n) is 4.90. The first-order valence-electron chi connectivity index (χ1n) is 11.1. The predicted octanol–water partition coefficient (Wildman–Crippen LogP) is 2.76. The van der Waals surface area contributed by atoms with Crippen molar-refractivity contribution in [1.29, 1.82) is 0 Å². The number of rotatable bonds is 4. The molecule has 2 aromatic rings. The molecule has 2 fully saturated rings. The van der Waals surface area contributed by atoms with E-state index in [9.17, 15) is 26.4 Å². The number of carbonyl (C=O) groups is 1. The number of halogens is 3. The molecule has 3 aliphatic heterocycles. The molecular weight excluding hydrogens is 507 g/mol. The van der Waals surface area contributed by atoms with E-state index in [4.69, 9.17) is 4.74 Å². The average Bonchev–Trinajstić information content (AvgIpc) is 3.49. The molecule has 0 aromatic carbocycles. The lowest BCUT2D eigenvalue weighted by molar-refractivity contribution is -0.137. The van der Waals surface area contributed by atoms with E-state index in [0.29, 0.717) is 56.0 Å². The molecule has 0 radical (unpaired) electrons. The van der Waals surface area contributed by atoms with Gasteiger partial charge in [-0.05, 0) is 18.9 Å². The van der Waals surface area contributed by atoms with Crippen LogP contribution < -0.4 is 5.32 Å². The molecule has 2 saturated heterocycles. The number of carbonyl (C=O) groups excluding carboxylic acids is 1. The van der Waals surface area contributed by atoms with Crippen LogP contribution in [0.5, 0.6) is 0 Å². The van der Waals surface area contributed by atoms with Crippen LogP contribution in [0.25, 0.3) is 10.6 Å². The average molecular weight is 532 g/mol. The molecule has 0 saturated carbocycles. The summed E-state index contributed by atoms with van der Waals surface area (Å²) in [6.07, 6.45) is -1.25. The number of sulfonamides is 1. The Balaban J connectivity index is 1.47. The van der Waals surface area contributed by atoms with Gasteiger partial charge in [0.1, 0.15) is 11.1 Å². The molecule has 1 atom stereocenters. The highest BCUT2D eigenvalue weighted by Crippen LogP contribution is 2.50. The summed E-state index contributed by atoms with van der Waals surface area (Å²) in [6.45, 7) is 1.39. The molecule has 5 rings (SSSR count). The van der Waals surface area contributed by atoms with Crippen LogP contribution in [0.3, 0.4) is 0 Å². The van der Waals surface area contributed by atoms with Gasteiger partial charge in [-0.1, -0.05) is 0 Å². The van der Waals surface area contributed by atoms with Crippen LogP contribution in [0.4, 0.5) is 19.1 Å². The Kier molecular flexibility index (Phi) is 5.85. The molecule has 1 amide bonds. The summed E-state index contributed by atoms with van der Waals surface area (Å²) in [7, 11) is -1.61. The minimum absolute atomic E-state index is 0.0294. The van der Waals surface area contributed by atoms with Gasteiger partial charge in [0, 0.05) is 50.3 Å². The zero-order valence-electron chi connectivity index (χ0n) is 19.1. The van der Waals surface area contributed by atoms with Gasteiger partial charge in [-0.15, -0.1) is 11.3 Å². The van der Waals surface area contributed by atoms with Crippen LogP contribution >= 0.6 is 11.3 Å². The molecule has 1 spiro atoms. The predicted molar refractivity (Wildman–Crippen MR) is 123 cm³/mol. The molecule has 0 bridgehead atoms. The largest absolute Gasteiger partial charge is 0.420 e. The third kappa shape index (κ3) is 4.19. The number of anilines is 1. The Bertz CT molecular complexity index is 1270. The van der Waals surface area contributed by atoms with Crippen molar-refractivity contribution in [3.05, 3.63) is 28.3 Å². The van der Waals surface area contributed by atoms with E-state index in [1.165, 1.54) is 10.4 Å². The minimum atomic E-state index is -4.68. The van der Waals surface area contributed by atoms with Gasteiger partial charge in [-0.2, -0.15) is 13.2 Å². The number of ether oxygens (including phenoxy) is 1. The molecule has 5 heterocycles. The Morgan fingerprint density at radius 2 is 2.00 bits per heavy atom. The van der Waals surface area contributed by atoms with E-state index in [1.54, 1.807) is 11.9 Å². The fourth-order valence-corrected chi connectivity index (χ4v) is 7.17. The molecule has 1 N–H and O–H groups in total. The van der Waals surface area contributed by atoms with Crippen LogP contribution in [0.1, 0.15) is 40.1 Å². The fraction of sp³-hybridized carbons (Fsp3) is 0.571. The molecule has 190 valence electrons. The van der Waals surface area contributed by atoms with E-state index >= 15 is 0 Å². The van der Waals surface area contributed by atoms with Crippen molar-refractivity contribution in [2.45, 2.75) is 37.0 Å². The lowest BCUT2D eigenvalue weighted by Crippen LogP contribution is -2.42. The van der Waals surface area contributed by atoms with Crippen molar-refractivity contribution in [1.82, 2.24) is 19.2 Å². The highest BCUT2D eigenvalue weighted by atomic mass is 32.2. The summed E-state index contributed by atoms with van der Waals surface area (Å²) in [5, 5.41) is 3.05. The number of hydrogen-bond acceptors (Lipinski definition) is 8. The lowest BCUT2D eigenvalue weighted by atomic mass is 9.97. The van der Waals surface area contributed by atoms with Crippen molar-refractivity contribution >= 4 is 33.2 Å². The third-order valence-corrected chi connectivity index (χ3v) is 9.55. The molecule has 0 aliphatic carbocycles. The van der Waals surface area contributed by atoms with Gasteiger partial charge >= 0.3 is 6.18 Å². The Morgan fingerprint density at radius 3 is 2.60 bits per heavy atom. The highest BCUT2D eigenvalue weighted by molar-refractivity contribution is 7.88. The highest BCUT2D eigenvalue weighted by Gasteiger charge is 2.52. The third-order valence-electron chi connectivity index (χ3n) is 6.92. The van der Waals surface area contributed by atoms with Crippen LogP contribution in [-0.4, -0.2) is 79.1 Å². The quantitative estimate of drug-likeness (QED) is 0.647. The number of thiophene rings is 1. The van der Waals surface area contributed by atoms with Crippen LogP contribution in [0, 0.1) is 0 Å². The Labute approximate surface area is 204 Å². The summed E-state index contributed by atoms with van der Waals surface area (Å²) in [6, 6.07) is 1.30. The number of likely N-dealkylation sites (N-methyl/N-ethyl adjacent to an activating group) is 1. The summed E-state index contributed by atoms with van der Waals surface area (Å²) in [4.78, 5) is 23.5. The van der Waals surface area contributed by atoms with Crippen molar-refractivity contribution in [2.75, 3.05) is 44.9 Å². The van der Waals surface area contributed by atoms with E-state index in [0.717, 1.165) is 23.8 Å².